The second-order valence-electron chi connectivity index (χ2n) is 5.93. The molecule has 0 bridgehead atoms. The number of piperidine rings is 1. The van der Waals surface area contributed by atoms with E-state index < -0.39 is 5.54 Å². The van der Waals surface area contributed by atoms with Gasteiger partial charge < -0.3 is 10.6 Å². The highest BCUT2D eigenvalue weighted by atomic mass is 16.2. The molecule has 1 amide bonds. The van der Waals surface area contributed by atoms with Crippen molar-refractivity contribution >= 4 is 5.91 Å². The summed E-state index contributed by atoms with van der Waals surface area (Å²) >= 11 is 0. The molecule has 1 saturated heterocycles. The molecule has 0 aromatic carbocycles. The van der Waals surface area contributed by atoms with Gasteiger partial charge in [-0.3, -0.25) is 9.69 Å². The summed E-state index contributed by atoms with van der Waals surface area (Å²) in [5, 5.41) is 15.4. The van der Waals surface area contributed by atoms with Gasteiger partial charge in [-0.2, -0.15) is 5.26 Å². The zero-order valence-electron chi connectivity index (χ0n) is 12.5. The fraction of sp³-hybridized carbons (Fsp3) is 0.857. The quantitative estimate of drug-likeness (QED) is 0.769. The molecule has 108 valence electrons. The van der Waals surface area contributed by atoms with Crippen LogP contribution in [0.4, 0.5) is 0 Å². The standard InChI is InChI=1S/C14H26N4O/c1-11(2)14(3,10-15)17-13(19)9-18(4)12-6-5-7-16-8-12/h11-12,16H,5-9H2,1-4H3,(H,17,19). The molecule has 0 saturated carbocycles. The molecule has 0 radical (unpaired) electrons. The van der Waals surface area contributed by atoms with Crippen molar-refractivity contribution in [2.24, 2.45) is 5.92 Å². The minimum absolute atomic E-state index is 0.0779. The van der Waals surface area contributed by atoms with Crippen LogP contribution in [0.15, 0.2) is 0 Å². The van der Waals surface area contributed by atoms with Crippen LogP contribution in [0, 0.1) is 17.2 Å². The minimum atomic E-state index is -0.789. The molecule has 2 N–H and O–H groups in total. The van der Waals surface area contributed by atoms with Gasteiger partial charge in [0, 0.05) is 12.6 Å². The van der Waals surface area contributed by atoms with Crippen molar-refractivity contribution in [3.05, 3.63) is 0 Å². The molecule has 5 heteroatoms. The Hall–Kier alpha value is -1.12. The van der Waals surface area contributed by atoms with Crippen LogP contribution in [-0.4, -0.2) is 49.1 Å². The van der Waals surface area contributed by atoms with Crippen LogP contribution < -0.4 is 10.6 Å². The monoisotopic (exact) mass is 266 g/mol. The summed E-state index contributed by atoms with van der Waals surface area (Å²) in [4.78, 5) is 14.1. The largest absolute Gasteiger partial charge is 0.337 e. The summed E-state index contributed by atoms with van der Waals surface area (Å²) in [6.07, 6.45) is 2.27. The smallest absolute Gasteiger partial charge is 0.235 e. The van der Waals surface area contributed by atoms with Crippen LogP contribution in [0.1, 0.15) is 33.6 Å². The Morgan fingerprint density at radius 2 is 2.32 bits per heavy atom. The lowest BCUT2D eigenvalue weighted by atomic mass is 9.90. The Balaban J connectivity index is 2.48. The topological polar surface area (TPSA) is 68.2 Å². The van der Waals surface area contributed by atoms with Gasteiger partial charge in [0.15, 0.2) is 0 Å². The summed E-state index contributed by atoms with van der Waals surface area (Å²) in [7, 11) is 1.97. The zero-order chi connectivity index (χ0) is 14.5. The first-order valence-corrected chi connectivity index (χ1v) is 7.02. The van der Waals surface area contributed by atoms with Crippen molar-refractivity contribution < 1.29 is 4.79 Å². The van der Waals surface area contributed by atoms with E-state index in [0.717, 1.165) is 25.9 Å². The third-order valence-corrected chi connectivity index (χ3v) is 4.07. The average Bonchev–Trinajstić information content (AvgIpc) is 2.39. The highest BCUT2D eigenvalue weighted by molar-refractivity contribution is 5.79. The SMILES string of the molecule is CC(C)C(C)(C#N)NC(=O)CN(C)C1CCCNC1. The fourth-order valence-corrected chi connectivity index (χ4v) is 2.20. The number of carbonyl (C=O) groups excluding carboxylic acids is 1. The summed E-state index contributed by atoms with van der Waals surface area (Å²) in [6, 6.07) is 2.61. The molecule has 0 spiro atoms. The summed E-state index contributed by atoms with van der Waals surface area (Å²) < 4.78 is 0. The van der Waals surface area contributed by atoms with Crippen LogP contribution in [0.3, 0.4) is 0 Å². The first-order chi connectivity index (χ1) is 8.89. The molecule has 1 fully saturated rings. The number of carbonyl (C=O) groups is 1. The normalized spacial score (nSPS) is 22.9. The highest BCUT2D eigenvalue weighted by Gasteiger charge is 2.30. The Labute approximate surface area is 116 Å². The van der Waals surface area contributed by atoms with E-state index in [4.69, 9.17) is 0 Å². The van der Waals surface area contributed by atoms with Crippen LogP contribution in [0.25, 0.3) is 0 Å². The Bertz CT molecular complexity index is 344. The van der Waals surface area contributed by atoms with Crippen LogP contribution >= 0.6 is 0 Å². The number of amides is 1. The molecule has 0 aromatic rings. The number of nitriles is 1. The van der Waals surface area contributed by atoms with E-state index in [1.807, 2.05) is 20.9 Å². The Kier molecular flexibility index (Phi) is 5.77. The summed E-state index contributed by atoms with van der Waals surface area (Å²) in [5.74, 6) is 0.00827. The second-order valence-corrected chi connectivity index (χ2v) is 5.93. The maximum Gasteiger partial charge on any atom is 0.235 e. The van der Waals surface area contributed by atoms with E-state index in [9.17, 15) is 10.1 Å². The maximum atomic E-state index is 12.1. The lowest BCUT2D eigenvalue weighted by Crippen LogP contribution is -2.53. The third-order valence-electron chi connectivity index (χ3n) is 4.07. The van der Waals surface area contributed by atoms with Crippen molar-refractivity contribution in [2.45, 2.75) is 45.2 Å². The molecule has 1 aliphatic heterocycles. The number of hydrogen-bond acceptors (Lipinski definition) is 4. The lowest BCUT2D eigenvalue weighted by Gasteiger charge is -2.33. The van der Waals surface area contributed by atoms with Crippen molar-refractivity contribution in [1.29, 1.82) is 5.26 Å². The van der Waals surface area contributed by atoms with Gasteiger partial charge in [-0.25, -0.2) is 0 Å². The summed E-state index contributed by atoms with van der Waals surface area (Å²) in [5.41, 5.74) is -0.789. The molecule has 1 rings (SSSR count). The van der Waals surface area contributed by atoms with Gasteiger partial charge in [0.25, 0.3) is 0 Å². The fourth-order valence-electron chi connectivity index (χ4n) is 2.20. The van der Waals surface area contributed by atoms with E-state index in [-0.39, 0.29) is 11.8 Å². The van der Waals surface area contributed by atoms with Gasteiger partial charge in [-0.05, 0) is 39.3 Å². The molecule has 0 aliphatic carbocycles. The summed E-state index contributed by atoms with van der Waals surface area (Å²) in [6.45, 7) is 8.00. The van der Waals surface area contributed by atoms with Gasteiger partial charge in [0.2, 0.25) is 5.91 Å². The van der Waals surface area contributed by atoms with E-state index in [1.165, 1.54) is 0 Å². The van der Waals surface area contributed by atoms with Crippen LogP contribution in [-0.2, 0) is 4.79 Å². The highest BCUT2D eigenvalue weighted by Crippen LogP contribution is 2.15. The van der Waals surface area contributed by atoms with Crippen molar-refractivity contribution in [2.75, 3.05) is 26.7 Å². The maximum absolute atomic E-state index is 12.1. The number of hydrogen-bond donors (Lipinski definition) is 2. The van der Waals surface area contributed by atoms with E-state index in [0.29, 0.717) is 12.6 Å². The zero-order valence-corrected chi connectivity index (χ0v) is 12.5. The number of nitrogens with zero attached hydrogens (tertiary/aromatic N) is 2. The van der Waals surface area contributed by atoms with E-state index in [2.05, 4.69) is 21.6 Å². The van der Waals surface area contributed by atoms with Crippen molar-refractivity contribution in [3.8, 4) is 6.07 Å². The van der Waals surface area contributed by atoms with Crippen molar-refractivity contribution in [1.82, 2.24) is 15.5 Å². The minimum Gasteiger partial charge on any atom is -0.337 e. The van der Waals surface area contributed by atoms with E-state index >= 15 is 0 Å². The third kappa shape index (κ3) is 4.48. The second kappa shape index (κ2) is 6.88. The van der Waals surface area contributed by atoms with Crippen LogP contribution in [0.5, 0.6) is 0 Å². The lowest BCUT2D eigenvalue weighted by molar-refractivity contribution is -0.124. The van der Waals surface area contributed by atoms with E-state index in [1.54, 1.807) is 6.92 Å². The van der Waals surface area contributed by atoms with Gasteiger partial charge >= 0.3 is 0 Å². The molecule has 19 heavy (non-hydrogen) atoms. The molecule has 1 heterocycles. The molecular weight excluding hydrogens is 240 g/mol. The molecular formula is C14H26N4O. The molecule has 5 nitrogen and oxygen atoms in total. The molecule has 0 aromatic heterocycles. The van der Waals surface area contributed by atoms with Gasteiger partial charge in [0.1, 0.15) is 5.54 Å². The molecule has 1 aliphatic rings. The Morgan fingerprint density at radius 1 is 1.63 bits per heavy atom. The first kappa shape index (κ1) is 15.9. The first-order valence-electron chi connectivity index (χ1n) is 7.02. The number of likely N-dealkylation sites (N-methyl/N-ethyl adjacent to an activating group) is 1. The van der Waals surface area contributed by atoms with Crippen molar-refractivity contribution in [3.63, 3.8) is 0 Å². The number of rotatable bonds is 5. The predicted molar refractivity (Wildman–Crippen MR) is 75.5 cm³/mol. The van der Waals surface area contributed by atoms with Gasteiger partial charge in [-0.15, -0.1) is 0 Å². The number of nitrogens with one attached hydrogen (secondary N) is 2. The average molecular weight is 266 g/mol. The molecule has 2 atom stereocenters. The Morgan fingerprint density at radius 3 is 2.79 bits per heavy atom. The van der Waals surface area contributed by atoms with Gasteiger partial charge in [-0.1, -0.05) is 13.8 Å². The molecule has 2 unspecified atom stereocenters. The van der Waals surface area contributed by atoms with Crippen LogP contribution in [0.2, 0.25) is 0 Å². The predicted octanol–water partition coefficient (Wildman–Crippen LogP) is 0.725. The van der Waals surface area contributed by atoms with Gasteiger partial charge in [0.05, 0.1) is 12.6 Å².